The number of nitrogens with one attached hydrogen (secondary N) is 6. The summed E-state index contributed by atoms with van der Waals surface area (Å²) in [4.78, 5) is 92.9. The Labute approximate surface area is 328 Å². The van der Waals surface area contributed by atoms with E-state index in [0.717, 1.165) is 38.5 Å². The number of nitrogens with zero attached hydrogens (tertiary/aromatic N) is 1. The minimum atomic E-state index is -0.646. The molecule has 2 aliphatic carbocycles. The summed E-state index contributed by atoms with van der Waals surface area (Å²) in [5.41, 5.74) is 6.31. The molecule has 3 aliphatic rings. The van der Waals surface area contributed by atoms with Gasteiger partial charge in [-0.1, -0.05) is 38.7 Å². The zero-order valence-electron chi connectivity index (χ0n) is 32.6. The molecule has 6 unspecified atom stereocenters. The van der Waals surface area contributed by atoms with Crippen LogP contribution in [-0.2, 0) is 9.59 Å². The topological polar surface area (TPSA) is 221 Å². The third-order valence-electron chi connectivity index (χ3n) is 11.4. The molecule has 1 saturated heterocycles. The summed E-state index contributed by atoms with van der Waals surface area (Å²) in [6, 6.07) is 8.99. The van der Waals surface area contributed by atoms with Crippen molar-refractivity contribution in [3.63, 3.8) is 0 Å². The zero-order valence-corrected chi connectivity index (χ0v) is 32.6. The fraction of sp³-hybridized carbons (Fsp3) is 0.537. The molecule has 1 heterocycles. The molecule has 3 fully saturated rings. The lowest BCUT2D eigenvalue weighted by Gasteiger charge is -2.33. The maximum absolute atomic E-state index is 14.0. The third kappa shape index (κ3) is 10.9. The minimum Gasteiger partial charge on any atom is -0.366 e. The molecule has 0 bridgehead atoms. The molecule has 6 atom stereocenters. The van der Waals surface area contributed by atoms with Crippen molar-refractivity contribution in [3.8, 4) is 0 Å². The van der Waals surface area contributed by atoms with Gasteiger partial charge in [0.2, 0.25) is 17.7 Å². The molecule has 2 saturated carbocycles. The molecule has 2 aromatic carbocycles. The van der Waals surface area contributed by atoms with E-state index in [0.29, 0.717) is 25.8 Å². The predicted molar refractivity (Wildman–Crippen MR) is 210 cm³/mol. The van der Waals surface area contributed by atoms with Crippen LogP contribution in [0.1, 0.15) is 129 Å². The largest absolute Gasteiger partial charge is 0.366 e. The first kappa shape index (κ1) is 41.8. The Morgan fingerprint density at radius 3 is 1.61 bits per heavy atom. The summed E-state index contributed by atoms with van der Waals surface area (Å²) in [6.45, 7) is 2.73. The van der Waals surface area contributed by atoms with Crippen LogP contribution < -0.4 is 37.6 Å². The van der Waals surface area contributed by atoms with Gasteiger partial charge in [-0.2, -0.15) is 0 Å². The molecule has 15 heteroatoms. The van der Waals surface area contributed by atoms with E-state index in [1.165, 1.54) is 30.3 Å². The quantitative estimate of drug-likeness (QED) is 0.150. The van der Waals surface area contributed by atoms with Crippen LogP contribution in [0.15, 0.2) is 42.5 Å². The number of hydrogen-bond acceptors (Lipinski definition) is 8. The SMILES string of the molecule is CNC(=O)CCCC(=O)N1CC(NC)C(NC(=O)c2cc(C(=O)NC3CCCCC3C)cc(C(=O)NC3CCCCC3NC(=O)c3cccc(C(N)=O)c3)c2)C1. The lowest BCUT2D eigenvalue weighted by Crippen LogP contribution is -2.53. The number of likely N-dealkylation sites (N-methyl/N-ethyl adjacent to an activating group) is 1. The molecular weight excluding hydrogens is 716 g/mol. The number of benzene rings is 2. The number of rotatable bonds is 14. The van der Waals surface area contributed by atoms with Gasteiger partial charge in [-0.05, 0) is 81.5 Å². The first-order valence-electron chi connectivity index (χ1n) is 19.8. The second-order valence-corrected chi connectivity index (χ2v) is 15.3. The van der Waals surface area contributed by atoms with Crippen LogP contribution in [0.3, 0.4) is 0 Å². The van der Waals surface area contributed by atoms with E-state index in [1.807, 2.05) is 0 Å². The third-order valence-corrected chi connectivity index (χ3v) is 11.4. The Morgan fingerprint density at radius 2 is 1.07 bits per heavy atom. The van der Waals surface area contributed by atoms with Crippen LogP contribution >= 0.6 is 0 Å². The highest BCUT2D eigenvalue weighted by Crippen LogP contribution is 2.25. The van der Waals surface area contributed by atoms with Crippen molar-refractivity contribution in [2.75, 3.05) is 27.2 Å². The van der Waals surface area contributed by atoms with E-state index in [2.05, 4.69) is 38.8 Å². The minimum absolute atomic E-state index is 0.0314. The van der Waals surface area contributed by atoms with E-state index >= 15 is 0 Å². The Hall–Kier alpha value is -5.31. The van der Waals surface area contributed by atoms with Crippen molar-refractivity contribution in [1.82, 2.24) is 36.8 Å². The fourth-order valence-electron chi connectivity index (χ4n) is 7.98. The summed E-state index contributed by atoms with van der Waals surface area (Å²) < 4.78 is 0. The van der Waals surface area contributed by atoms with E-state index in [-0.39, 0.29) is 82.9 Å². The molecule has 0 radical (unpaired) electrons. The molecule has 8 N–H and O–H groups in total. The number of hydrogen-bond donors (Lipinski definition) is 7. The van der Waals surface area contributed by atoms with Crippen LogP contribution in [-0.4, -0.2) is 104 Å². The molecule has 15 nitrogen and oxygen atoms in total. The average molecular weight is 773 g/mol. The normalized spacial score (nSPS) is 23.4. The molecule has 1 aliphatic heterocycles. The van der Waals surface area contributed by atoms with Crippen LogP contribution in [0.25, 0.3) is 0 Å². The maximum atomic E-state index is 14.0. The van der Waals surface area contributed by atoms with Gasteiger partial charge < -0.3 is 42.5 Å². The Morgan fingerprint density at radius 1 is 0.607 bits per heavy atom. The Bertz CT molecular complexity index is 1800. The van der Waals surface area contributed by atoms with Gasteiger partial charge in [-0.15, -0.1) is 0 Å². The van der Waals surface area contributed by atoms with Gasteiger partial charge in [0.1, 0.15) is 0 Å². The highest BCUT2D eigenvalue weighted by Gasteiger charge is 2.36. The van der Waals surface area contributed by atoms with Crippen molar-refractivity contribution in [1.29, 1.82) is 0 Å². The monoisotopic (exact) mass is 772 g/mol. The second kappa shape index (κ2) is 19.5. The van der Waals surface area contributed by atoms with E-state index < -0.39 is 41.8 Å². The molecule has 56 heavy (non-hydrogen) atoms. The predicted octanol–water partition coefficient (Wildman–Crippen LogP) is 2.01. The van der Waals surface area contributed by atoms with Crippen LogP contribution in [0.5, 0.6) is 0 Å². The van der Waals surface area contributed by atoms with Crippen molar-refractivity contribution >= 4 is 41.4 Å². The second-order valence-electron chi connectivity index (χ2n) is 15.3. The molecule has 7 amide bonds. The van der Waals surface area contributed by atoms with Crippen LogP contribution in [0.2, 0.25) is 0 Å². The fourth-order valence-corrected chi connectivity index (χ4v) is 7.98. The summed E-state index contributed by atoms with van der Waals surface area (Å²) in [6.07, 6.45) is 7.68. The van der Waals surface area contributed by atoms with E-state index in [9.17, 15) is 33.6 Å². The van der Waals surface area contributed by atoms with Gasteiger partial charge >= 0.3 is 0 Å². The van der Waals surface area contributed by atoms with Crippen molar-refractivity contribution in [2.24, 2.45) is 11.7 Å². The summed E-state index contributed by atoms with van der Waals surface area (Å²) in [5, 5.41) is 18.0. The average Bonchev–Trinajstić information content (AvgIpc) is 3.61. The van der Waals surface area contributed by atoms with Gasteiger partial charge in [0.15, 0.2) is 0 Å². The summed E-state index contributed by atoms with van der Waals surface area (Å²) in [5.74, 6) is -2.38. The number of carbonyl (C=O) groups is 7. The molecule has 302 valence electrons. The van der Waals surface area contributed by atoms with Gasteiger partial charge in [0.25, 0.3) is 23.6 Å². The number of primary amides is 1. The van der Waals surface area contributed by atoms with Crippen molar-refractivity contribution in [3.05, 3.63) is 70.3 Å². The maximum Gasteiger partial charge on any atom is 0.251 e. The first-order valence-corrected chi connectivity index (χ1v) is 19.8. The smallest absolute Gasteiger partial charge is 0.251 e. The first-order chi connectivity index (χ1) is 26.9. The number of amides is 7. The lowest BCUT2D eigenvalue weighted by molar-refractivity contribution is -0.130. The Balaban J connectivity index is 1.33. The van der Waals surface area contributed by atoms with Gasteiger partial charge in [-0.3, -0.25) is 33.6 Å². The summed E-state index contributed by atoms with van der Waals surface area (Å²) >= 11 is 0. The summed E-state index contributed by atoms with van der Waals surface area (Å²) in [7, 11) is 3.30. The number of carbonyl (C=O) groups excluding carboxylic acids is 7. The zero-order chi connectivity index (χ0) is 40.4. The molecular formula is C41H56N8O7. The van der Waals surface area contributed by atoms with Crippen molar-refractivity contribution < 1.29 is 33.6 Å². The van der Waals surface area contributed by atoms with Gasteiger partial charge in [0.05, 0.1) is 6.04 Å². The molecule has 2 aromatic rings. The molecule has 0 spiro atoms. The van der Waals surface area contributed by atoms with Gasteiger partial charge in [-0.25, -0.2) is 0 Å². The van der Waals surface area contributed by atoms with E-state index in [1.54, 1.807) is 31.1 Å². The van der Waals surface area contributed by atoms with Crippen LogP contribution in [0, 0.1) is 5.92 Å². The van der Waals surface area contributed by atoms with E-state index in [4.69, 9.17) is 5.73 Å². The number of nitrogens with two attached hydrogens (primary N) is 1. The highest BCUT2D eigenvalue weighted by atomic mass is 16.2. The standard InChI is InChI=1S/C41H56N8O7/c1-24-10-4-5-13-30(24)45-39(54)27-19-28(40(55)47-32-15-7-6-14-31(32)46-38(53)26-12-8-11-25(18-26)37(42)52)21-29(20-27)41(56)48-34-23-49(22-33(34)43-2)36(51)17-9-16-35(50)44-3/h8,11-12,18-21,24,30-34,43H,4-7,9-10,13-17,22-23H2,1-3H3,(H2,42,52)(H,44,50)(H,45,54)(H,46,53)(H,47,55)(H,48,56). The van der Waals surface area contributed by atoms with Gasteiger partial charge in [0, 0.05) is 85.0 Å². The van der Waals surface area contributed by atoms with Crippen LogP contribution in [0.4, 0.5) is 0 Å². The lowest BCUT2D eigenvalue weighted by atomic mass is 9.86. The van der Waals surface area contributed by atoms with Crippen molar-refractivity contribution in [2.45, 2.75) is 108 Å². The molecule has 5 rings (SSSR count). The molecule has 0 aromatic heterocycles. The number of likely N-dealkylation sites (tertiary alicyclic amines) is 1. The highest BCUT2D eigenvalue weighted by molar-refractivity contribution is 6.05. The Kier molecular flexibility index (Phi) is 14.6.